The van der Waals surface area contributed by atoms with Gasteiger partial charge in [-0.3, -0.25) is 4.90 Å². The van der Waals surface area contributed by atoms with Gasteiger partial charge in [0.05, 0.1) is 6.10 Å². The van der Waals surface area contributed by atoms with Crippen LogP contribution in [0.15, 0.2) is 22.7 Å². The molecule has 1 atom stereocenters. The molecule has 0 N–H and O–H groups in total. The average molecular weight is 310 g/mol. The summed E-state index contributed by atoms with van der Waals surface area (Å²) in [7, 11) is 1.84. The molecule has 18 heavy (non-hydrogen) atoms. The molecule has 0 amide bonds. The number of piperidine rings is 1. The molecular weight excluding hydrogens is 290 g/mol. The van der Waals surface area contributed by atoms with Gasteiger partial charge in [-0.2, -0.15) is 0 Å². The molecule has 2 nitrogen and oxygen atoms in total. The summed E-state index contributed by atoms with van der Waals surface area (Å²) in [6.45, 7) is 2.35. The number of hydrogen-bond acceptors (Lipinski definition) is 2. The van der Waals surface area contributed by atoms with E-state index in [4.69, 9.17) is 4.74 Å². The molecule has 0 spiro atoms. The van der Waals surface area contributed by atoms with E-state index in [-0.39, 0.29) is 0 Å². The van der Waals surface area contributed by atoms with E-state index >= 15 is 0 Å². The Kier molecular flexibility index (Phi) is 3.73. The molecule has 1 aromatic rings. The molecule has 3 rings (SSSR count). The zero-order chi connectivity index (χ0) is 12.5. The van der Waals surface area contributed by atoms with E-state index < -0.39 is 0 Å². The number of benzene rings is 1. The second-order valence-corrected chi connectivity index (χ2v) is 6.28. The first-order valence-electron chi connectivity index (χ1n) is 6.83. The molecule has 1 fully saturated rings. The molecule has 2 aliphatic rings. The van der Waals surface area contributed by atoms with Gasteiger partial charge < -0.3 is 4.74 Å². The molecule has 0 bridgehead atoms. The van der Waals surface area contributed by atoms with Gasteiger partial charge in [-0.25, -0.2) is 0 Å². The SMILES string of the molecule is COC1CCN(C2CCc3ccc(Br)cc32)CC1. The van der Waals surface area contributed by atoms with Gasteiger partial charge in [0.25, 0.3) is 0 Å². The van der Waals surface area contributed by atoms with Crippen molar-refractivity contribution in [3.63, 3.8) is 0 Å². The number of hydrogen-bond donors (Lipinski definition) is 0. The summed E-state index contributed by atoms with van der Waals surface area (Å²) in [5, 5.41) is 0. The van der Waals surface area contributed by atoms with Crippen LogP contribution in [0.25, 0.3) is 0 Å². The van der Waals surface area contributed by atoms with Crippen LogP contribution in [0.4, 0.5) is 0 Å². The third kappa shape index (κ3) is 2.36. The quantitative estimate of drug-likeness (QED) is 0.828. The Balaban J connectivity index is 1.74. The molecule has 0 saturated carbocycles. The number of ether oxygens (including phenoxy) is 1. The molecule has 1 saturated heterocycles. The summed E-state index contributed by atoms with van der Waals surface area (Å²) in [6, 6.07) is 7.39. The largest absolute Gasteiger partial charge is 0.381 e. The maximum atomic E-state index is 5.46. The lowest BCUT2D eigenvalue weighted by molar-refractivity contribution is 0.0270. The Morgan fingerprint density at radius 2 is 2.00 bits per heavy atom. The third-order valence-electron chi connectivity index (χ3n) is 4.40. The Morgan fingerprint density at radius 3 is 2.72 bits per heavy atom. The van der Waals surface area contributed by atoms with E-state index in [1.165, 1.54) is 48.8 Å². The summed E-state index contributed by atoms with van der Waals surface area (Å²) < 4.78 is 6.66. The van der Waals surface area contributed by atoms with Crippen LogP contribution >= 0.6 is 15.9 Å². The Morgan fingerprint density at radius 1 is 1.22 bits per heavy atom. The summed E-state index contributed by atoms with van der Waals surface area (Å²) in [5.74, 6) is 0. The van der Waals surface area contributed by atoms with E-state index in [1.807, 2.05) is 7.11 Å². The van der Waals surface area contributed by atoms with Gasteiger partial charge in [-0.15, -0.1) is 0 Å². The minimum absolute atomic E-state index is 0.477. The number of halogens is 1. The lowest BCUT2D eigenvalue weighted by Gasteiger charge is -2.35. The molecule has 1 heterocycles. The highest BCUT2D eigenvalue weighted by molar-refractivity contribution is 9.10. The van der Waals surface area contributed by atoms with Crippen LogP contribution in [-0.4, -0.2) is 31.2 Å². The van der Waals surface area contributed by atoms with Crippen LogP contribution < -0.4 is 0 Å². The highest BCUT2D eigenvalue weighted by Gasteiger charge is 2.30. The summed E-state index contributed by atoms with van der Waals surface area (Å²) in [6.07, 6.45) is 5.35. The fraction of sp³-hybridized carbons (Fsp3) is 0.600. The van der Waals surface area contributed by atoms with Crippen molar-refractivity contribution in [2.75, 3.05) is 20.2 Å². The molecule has 0 aromatic heterocycles. The lowest BCUT2D eigenvalue weighted by Crippen LogP contribution is -2.38. The van der Waals surface area contributed by atoms with Gasteiger partial charge in [0, 0.05) is 30.7 Å². The van der Waals surface area contributed by atoms with Crippen LogP contribution in [0.2, 0.25) is 0 Å². The Bertz CT molecular complexity index is 427. The maximum absolute atomic E-state index is 5.46. The molecule has 1 aliphatic carbocycles. The number of fused-ring (bicyclic) bond motifs is 1. The number of nitrogens with zero attached hydrogens (tertiary/aromatic N) is 1. The van der Waals surface area contributed by atoms with Gasteiger partial charge in [-0.05, 0) is 48.9 Å². The first-order valence-corrected chi connectivity index (χ1v) is 7.62. The van der Waals surface area contributed by atoms with Gasteiger partial charge in [0.2, 0.25) is 0 Å². The van der Waals surface area contributed by atoms with E-state index in [0.29, 0.717) is 12.1 Å². The molecule has 1 aliphatic heterocycles. The van der Waals surface area contributed by atoms with Crippen molar-refractivity contribution in [3.8, 4) is 0 Å². The van der Waals surface area contributed by atoms with Crippen molar-refractivity contribution in [2.45, 2.75) is 37.8 Å². The maximum Gasteiger partial charge on any atom is 0.0595 e. The molecule has 98 valence electrons. The summed E-state index contributed by atoms with van der Waals surface area (Å²) in [5.41, 5.74) is 3.08. The number of aryl methyl sites for hydroxylation is 1. The second-order valence-electron chi connectivity index (χ2n) is 5.37. The molecule has 1 unspecified atom stereocenters. The lowest BCUT2D eigenvalue weighted by atomic mass is 10.0. The van der Waals surface area contributed by atoms with Crippen molar-refractivity contribution in [3.05, 3.63) is 33.8 Å². The first kappa shape index (κ1) is 12.6. The molecule has 0 radical (unpaired) electrons. The van der Waals surface area contributed by atoms with Crippen LogP contribution in [0.1, 0.15) is 36.4 Å². The van der Waals surface area contributed by atoms with E-state index in [2.05, 4.69) is 39.0 Å². The Hall–Kier alpha value is -0.380. The summed E-state index contributed by atoms with van der Waals surface area (Å²) >= 11 is 3.60. The predicted octanol–water partition coefficient (Wildman–Crippen LogP) is 3.55. The van der Waals surface area contributed by atoms with Crippen molar-refractivity contribution in [1.29, 1.82) is 0 Å². The highest BCUT2D eigenvalue weighted by atomic mass is 79.9. The zero-order valence-electron chi connectivity index (χ0n) is 10.9. The van der Waals surface area contributed by atoms with Gasteiger partial charge in [0.15, 0.2) is 0 Å². The second kappa shape index (κ2) is 5.32. The fourth-order valence-electron chi connectivity index (χ4n) is 3.35. The van der Waals surface area contributed by atoms with Gasteiger partial charge >= 0.3 is 0 Å². The van der Waals surface area contributed by atoms with Crippen molar-refractivity contribution in [1.82, 2.24) is 4.90 Å². The smallest absolute Gasteiger partial charge is 0.0595 e. The van der Waals surface area contributed by atoms with Crippen LogP contribution in [0.5, 0.6) is 0 Å². The van der Waals surface area contributed by atoms with Crippen LogP contribution in [0.3, 0.4) is 0 Å². The van der Waals surface area contributed by atoms with Crippen molar-refractivity contribution < 1.29 is 4.74 Å². The molecular formula is C15H20BrNO. The van der Waals surface area contributed by atoms with Crippen molar-refractivity contribution >= 4 is 15.9 Å². The van der Waals surface area contributed by atoms with E-state index in [1.54, 1.807) is 5.56 Å². The monoisotopic (exact) mass is 309 g/mol. The van der Waals surface area contributed by atoms with Crippen LogP contribution in [0, 0.1) is 0 Å². The molecule has 3 heteroatoms. The zero-order valence-corrected chi connectivity index (χ0v) is 12.4. The van der Waals surface area contributed by atoms with Gasteiger partial charge in [0.1, 0.15) is 0 Å². The third-order valence-corrected chi connectivity index (χ3v) is 4.90. The average Bonchev–Trinajstić information content (AvgIpc) is 2.82. The van der Waals surface area contributed by atoms with E-state index in [0.717, 1.165) is 0 Å². The fourth-order valence-corrected chi connectivity index (χ4v) is 3.73. The standard InChI is InChI=1S/C15H20BrNO/c1-18-13-6-8-17(9-7-13)15-5-3-11-2-4-12(16)10-14(11)15/h2,4,10,13,15H,3,5-9H2,1H3. The predicted molar refractivity (Wildman–Crippen MR) is 76.8 cm³/mol. The normalized spacial score (nSPS) is 25.3. The van der Waals surface area contributed by atoms with Crippen molar-refractivity contribution in [2.24, 2.45) is 0 Å². The topological polar surface area (TPSA) is 12.5 Å². The number of rotatable bonds is 2. The van der Waals surface area contributed by atoms with E-state index in [9.17, 15) is 0 Å². The van der Waals surface area contributed by atoms with Gasteiger partial charge in [-0.1, -0.05) is 22.0 Å². The highest BCUT2D eigenvalue weighted by Crippen LogP contribution is 2.38. The minimum Gasteiger partial charge on any atom is -0.381 e. The molecule has 1 aromatic carbocycles. The summed E-state index contributed by atoms with van der Waals surface area (Å²) in [4.78, 5) is 2.65. The first-order chi connectivity index (χ1) is 8.78. The Labute approximate surface area is 117 Å². The number of methoxy groups -OCH3 is 1. The van der Waals surface area contributed by atoms with Crippen LogP contribution in [-0.2, 0) is 11.2 Å². The minimum atomic E-state index is 0.477. The number of likely N-dealkylation sites (tertiary alicyclic amines) is 1.